The minimum atomic E-state index is -0.416. The van der Waals surface area contributed by atoms with Crippen molar-refractivity contribution in [3.05, 3.63) is 34.9 Å². The quantitative estimate of drug-likeness (QED) is 0.403. The average molecular weight is 347 g/mol. The van der Waals surface area contributed by atoms with Gasteiger partial charge in [-0.05, 0) is 18.2 Å². The first kappa shape index (κ1) is 19.9. The van der Waals surface area contributed by atoms with Gasteiger partial charge in [0.25, 0.3) is 0 Å². The lowest BCUT2D eigenvalue weighted by Gasteiger charge is -2.07. The number of benzene rings is 1. The number of carbonyl (C=O) groups is 1. The van der Waals surface area contributed by atoms with Gasteiger partial charge in [-0.3, -0.25) is 0 Å². The van der Waals surface area contributed by atoms with Crippen molar-refractivity contribution in [3.63, 3.8) is 0 Å². The van der Waals surface area contributed by atoms with E-state index in [4.69, 9.17) is 35.3 Å². The molecule has 0 spiro atoms. The molecule has 0 radical (unpaired) electrons. The van der Waals surface area contributed by atoms with Gasteiger partial charge in [-0.2, -0.15) is 0 Å². The van der Waals surface area contributed by atoms with E-state index in [1.807, 2.05) is 0 Å². The maximum absolute atomic E-state index is 11.7. The normalized spacial score (nSPS) is 10.7. The molecule has 6 nitrogen and oxygen atoms in total. The minimum absolute atomic E-state index is 0.186. The highest BCUT2D eigenvalue weighted by molar-refractivity contribution is 6.30. The van der Waals surface area contributed by atoms with Crippen LogP contribution in [0.5, 0.6) is 0 Å². The molecule has 1 aromatic rings. The highest BCUT2D eigenvalue weighted by Gasteiger charge is 2.06. The lowest BCUT2D eigenvalue weighted by molar-refractivity contribution is -0.00551. The summed E-state index contributed by atoms with van der Waals surface area (Å²) in [5.41, 5.74) is 0.425. The van der Waals surface area contributed by atoms with Crippen molar-refractivity contribution in [3.8, 4) is 0 Å². The third kappa shape index (κ3) is 10.3. The van der Waals surface area contributed by atoms with E-state index in [0.717, 1.165) is 0 Å². The Morgan fingerprint density at radius 2 is 1.48 bits per heavy atom. The van der Waals surface area contributed by atoms with Gasteiger partial charge in [0.1, 0.15) is 6.61 Å². The fourth-order valence-corrected chi connectivity index (χ4v) is 1.77. The fourth-order valence-electron chi connectivity index (χ4n) is 1.58. The van der Waals surface area contributed by atoms with Crippen molar-refractivity contribution >= 4 is 17.6 Å². The highest BCUT2D eigenvalue weighted by Crippen LogP contribution is 2.11. The van der Waals surface area contributed by atoms with Crippen molar-refractivity contribution in [2.45, 2.75) is 0 Å². The summed E-state index contributed by atoms with van der Waals surface area (Å²) in [7, 11) is 1.63. The third-order valence-electron chi connectivity index (χ3n) is 2.70. The van der Waals surface area contributed by atoms with Gasteiger partial charge >= 0.3 is 5.97 Å². The van der Waals surface area contributed by atoms with Crippen LogP contribution in [0.3, 0.4) is 0 Å². The molecular weight excluding hydrogens is 324 g/mol. The third-order valence-corrected chi connectivity index (χ3v) is 2.93. The zero-order valence-electron chi connectivity index (χ0n) is 13.3. The zero-order valence-corrected chi connectivity index (χ0v) is 14.0. The Morgan fingerprint density at radius 3 is 2.04 bits per heavy atom. The number of esters is 1. The average Bonchev–Trinajstić information content (AvgIpc) is 2.55. The number of carbonyl (C=O) groups excluding carboxylic acids is 1. The topological polar surface area (TPSA) is 63.2 Å². The maximum Gasteiger partial charge on any atom is 0.338 e. The van der Waals surface area contributed by atoms with Gasteiger partial charge in [-0.25, -0.2) is 4.79 Å². The van der Waals surface area contributed by atoms with Crippen LogP contribution >= 0.6 is 11.6 Å². The van der Waals surface area contributed by atoms with Gasteiger partial charge in [0, 0.05) is 12.1 Å². The van der Waals surface area contributed by atoms with Crippen molar-refractivity contribution < 1.29 is 28.5 Å². The van der Waals surface area contributed by atoms with Gasteiger partial charge < -0.3 is 23.7 Å². The summed E-state index contributed by atoms with van der Waals surface area (Å²) < 4.78 is 25.8. The lowest BCUT2D eigenvalue weighted by Crippen LogP contribution is -2.14. The van der Waals surface area contributed by atoms with Crippen molar-refractivity contribution in [1.82, 2.24) is 0 Å². The van der Waals surface area contributed by atoms with Crippen LogP contribution in [0.25, 0.3) is 0 Å². The number of rotatable bonds is 13. The van der Waals surface area contributed by atoms with E-state index in [-0.39, 0.29) is 6.61 Å². The number of hydrogen-bond acceptors (Lipinski definition) is 6. The molecule has 0 bridgehead atoms. The van der Waals surface area contributed by atoms with E-state index in [1.54, 1.807) is 31.4 Å². The summed E-state index contributed by atoms with van der Waals surface area (Å²) in [4.78, 5) is 11.7. The van der Waals surface area contributed by atoms with Gasteiger partial charge in [0.15, 0.2) is 0 Å². The summed E-state index contributed by atoms with van der Waals surface area (Å²) in [5, 5.41) is 0.499. The molecule has 0 aromatic heterocycles. The van der Waals surface area contributed by atoms with Crippen molar-refractivity contribution in [2.24, 2.45) is 0 Å². The Labute approximate surface area is 141 Å². The molecule has 0 atom stereocenters. The van der Waals surface area contributed by atoms with E-state index in [2.05, 4.69) is 0 Å². The summed E-state index contributed by atoms with van der Waals surface area (Å²) in [5.74, 6) is -0.416. The number of halogens is 1. The molecule has 0 aliphatic heterocycles. The van der Waals surface area contributed by atoms with Crippen LogP contribution in [-0.4, -0.2) is 65.9 Å². The molecule has 130 valence electrons. The molecule has 0 amide bonds. The second kappa shape index (κ2) is 13.3. The maximum atomic E-state index is 11.7. The second-order valence-electron chi connectivity index (χ2n) is 4.48. The predicted octanol–water partition coefficient (Wildman–Crippen LogP) is 2.19. The molecule has 0 N–H and O–H groups in total. The van der Waals surface area contributed by atoms with Crippen LogP contribution in [0.4, 0.5) is 0 Å². The summed E-state index contributed by atoms with van der Waals surface area (Å²) in [6, 6.07) is 6.61. The van der Waals surface area contributed by atoms with Gasteiger partial charge in [0.2, 0.25) is 0 Å². The van der Waals surface area contributed by atoms with Crippen molar-refractivity contribution in [2.75, 3.05) is 60.0 Å². The summed E-state index contributed by atoms with van der Waals surface area (Å²) >= 11 is 5.81. The Hall–Kier alpha value is -1.18. The Bertz CT molecular complexity index is 440. The molecule has 0 heterocycles. The van der Waals surface area contributed by atoms with E-state index < -0.39 is 5.97 Å². The number of ether oxygens (including phenoxy) is 5. The molecular formula is C16H23ClO6. The SMILES string of the molecule is COCCOCCOCCOCCOC(=O)c1cccc(Cl)c1. The van der Waals surface area contributed by atoms with Crippen LogP contribution in [0, 0.1) is 0 Å². The van der Waals surface area contributed by atoms with E-state index in [0.29, 0.717) is 56.8 Å². The molecule has 0 aliphatic carbocycles. The molecule has 0 unspecified atom stereocenters. The Kier molecular flexibility index (Phi) is 11.5. The molecule has 0 aliphatic rings. The molecule has 1 aromatic carbocycles. The van der Waals surface area contributed by atoms with Gasteiger partial charge in [-0.15, -0.1) is 0 Å². The largest absolute Gasteiger partial charge is 0.460 e. The van der Waals surface area contributed by atoms with Crippen LogP contribution in [0.15, 0.2) is 24.3 Å². The smallest absolute Gasteiger partial charge is 0.338 e. The monoisotopic (exact) mass is 346 g/mol. The Morgan fingerprint density at radius 1 is 0.913 bits per heavy atom. The molecule has 0 saturated carbocycles. The first-order valence-corrected chi connectivity index (χ1v) is 7.76. The summed E-state index contributed by atoms with van der Waals surface area (Å²) in [6.45, 7) is 3.59. The fraction of sp³-hybridized carbons (Fsp3) is 0.562. The van der Waals surface area contributed by atoms with Crippen LogP contribution in [0.2, 0.25) is 5.02 Å². The minimum Gasteiger partial charge on any atom is -0.460 e. The second-order valence-corrected chi connectivity index (χ2v) is 4.91. The van der Waals surface area contributed by atoms with Gasteiger partial charge in [-0.1, -0.05) is 17.7 Å². The number of hydrogen-bond donors (Lipinski definition) is 0. The summed E-state index contributed by atoms with van der Waals surface area (Å²) in [6.07, 6.45) is 0. The predicted molar refractivity (Wildman–Crippen MR) is 86.1 cm³/mol. The molecule has 23 heavy (non-hydrogen) atoms. The van der Waals surface area contributed by atoms with E-state index >= 15 is 0 Å². The molecule has 0 saturated heterocycles. The zero-order chi connectivity index (χ0) is 16.8. The first-order chi connectivity index (χ1) is 11.2. The lowest BCUT2D eigenvalue weighted by atomic mass is 10.2. The molecule has 1 rings (SSSR count). The number of methoxy groups -OCH3 is 1. The van der Waals surface area contributed by atoms with Gasteiger partial charge in [0.05, 0.1) is 51.8 Å². The van der Waals surface area contributed by atoms with Crippen molar-refractivity contribution in [1.29, 1.82) is 0 Å². The van der Waals surface area contributed by atoms with Crippen LogP contribution in [0.1, 0.15) is 10.4 Å². The van der Waals surface area contributed by atoms with Crippen LogP contribution < -0.4 is 0 Å². The standard InChI is InChI=1S/C16H23ClO6/c1-19-5-6-20-7-8-21-9-10-22-11-12-23-16(18)14-3-2-4-15(17)13-14/h2-4,13H,5-12H2,1H3. The Balaban J connectivity index is 1.91. The highest BCUT2D eigenvalue weighted by atomic mass is 35.5. The first-order valence-electron chi connectivity index (χ1n) is 7.39. The molecule has 7 heteroatoms. The van der Waals surface area contributed by atoms with E-state index in [9.17, 15) is 4.79 Å². The van der Waals surface area contributed by atoms with E-state index in [1.165, 1.54) is 0 Å². The van der Waals surface area contributed by atoms with Crippen LogP contribution in [-0.2, 0) is 23.7 Å². The molecule has 0 fully saturated rings.